The second-order valence-electron chi connectivity index (χ2n) is 4.03. The van der Waals surface area contributed by atoms with E-state index in [4.69, 9.17) is 0 Å². The van der Waals surface area contributed by atoms with Crippen molar-refractivity contribution in [2.45, 2.75) is 46.5 Å². The zero-order chi connectivity index (χ0) is 10.8. The van der Waals surface area contributed by atoms with Gasteiger partial charge in [0.15, 0.2) is 0 Å². The van der Waals surface area contributed by atoms with Crippen LogP contribution >= 0.6 is 0 Å². The summed E-state index contributed by atoms with van der Waals surface area (Å²) in [6.07, 6.45) is 7.18. The summed E-state index contributed by atoms with van der Waals surface area (Å²) in [5.74, 6) is 0. The molecule has 0 atom stereocenters. The summed E-state index contributed by atoms with van der Waals surface area (Å²) in [6, 6.07) is 0. The topological polar surface area (TPSA) is 3.24 Å². The fraction of sp³-hybridized carbons (Fsp3) is 0.769. The van der Waals surface area contributed by atoms with E-state index >= 15 is 0 Å². The first-order chi connectivity index (χ1) is 6.74. The van der Waals surface area contributed by atoms with Gasteiger partial charge in [-0.15, -0.1) is 6.92 Å². The quantitative estimate of drug-likeness (QED) is 0.414. The van der Waals surface area contributed by atoms with Crippen molar-refractivity contribution in [1.29, 1.82) is 0 Å². The van der Waals surface area contributed by atoms with E-state index in [1.807, 2.05) is 6.08 Å². The number of hydrogen-bond acceptors (Lipinski definition) is 1. The molecule has 0 heterocycles. The van der Waals surface area contributed by atoms with Gasteiger partial charge in [0.05, 0.1) is 0 Å². The molecule has 0 aromatic rings. The second kappa shape index (κ2) is 12.2. The first-order valence-corrected chi connectivity index (χ1v) is 5.91. The fourth-order valence-corrected chi connectivity index (χ4v) is 1.45. The van der Waals surface area contributed by atoms with Gasteiger partial charge >= 0.3 is 18.9 Å². The molecule has 0 aromatic heterocycles. The Kier molecular flexibility index (Phi) is 14.3. The molecular weight excluding hydrogens is 177 g/mol. The predicted octanol–water partition coefficient (Wildman–Crippen LogP) is 0.673. The second-order valence-corrected chi connectivity index (χ2v) is 4.03. The molecule has 0 rings (SSSR count). The van der Waals surface area contributed by atoms with Gasteiger partial charge in [-0.25, -0.2) is 18.6 Å². The minimum atomic E-state index is 0. The van der Waals surface area contributed by atoms with Crippen LogP contribution in [0.1, 0.15) is 46.5 Å². The van der Waals surface area contributed by atoms with Crippen molar-refractivity contribution in [3.63, 3.8) is 0 Å². The number of nitrogens with zero attached hydrogens (tertiary/aromatic N) is 1. The van der Waals surface area contributed by atoms with Crippen LogP contribution in [0.5, 0.6) is 0 Å². The van der Waals surface area contributed by atoms with E-state index in [1.54, 1.807) is 0 Å². The van der Waals surface area contributed by atoms with Crippen LogP contribution in [0.3, 0.4) is 0 Å². The van der Waals surface area contributed by atoms with Gasteiger partial charge in [-0.05, 0) is 32.5 Å². The van der Waals surface area contributed by atoms with Crippen LogP contribution in [-0.4, -0.2) is 24.5 Å². The van der Waals surface area contributed by atoms with E-state index < -0.39 is 0 Å². The molecule has 0 aliphatic carbocycles. The number of hydrogen-bond donors (Lipinski definition) is 0. The van der Waals surface area contributed by atoms with Gasteiger partial charge in [0.25, 0.3) is 0 Å². The van der Waals surface area contributed by atoms with Crippen molar-refractivity contribution in [2.24, 2.45) is 0 Å². The Morgan fingerprint density at radius 2 is 1.60 bits per heavy atom. The average molecular weight is 203 g/mol. The van der Waals surface area contributed by atoms with Crippen molar-refractivity contribution in [3.05, 3.63) is 18.6 Å². The molecule has 0 bridgehead atoms. The number of rotatable bonds is 8. The van der Waals surface area contributed by atoms with E-state index in [1.165, 1.54) is 44.3 Å². The summed E-state index contributed by atoms with van der Waals surface area (Å²) in [6.45, 7) is 14.1. The summed E-state index contributed by atoms with van der Waals surface area (Å²) >= 11 is 0. The minimum absolute atomic E-state index is 0. The van der Waals surface area contributed by atoms with E-state index in [9.17, 15) is 0 Å². The van der Waals surface area contributed by atoms with Crippen molar-refractivity contribution >= 4 is 0 Å². The third-order valence-electron chi connectivity index (χ3n) is 2.48. The summed E-state index contributed by atoms with van der Waals surface area (Å²) in [4.78, 5) is 2.55. The summed E-state index contributed by atoms with van der Waals surface area (Å²) in [5.41, 5.74) is 1.39. The summed E-state index contributed by atoms with van der Waals surface area (Å²) in [5, 5.41) is 0. The Morgan fingerprint density at radius 3 is 1.93 bits per heavy atom. The van der Waals surface area contributed by atoms with Crippen LogP contribution in [0.2, 0.25) is 0 Å². The first-order valence-electron chi connectivity index (χ1n) is 5.91. The van der Waals surface area contributed by atoms with Crippen LogP contribution in [0.4, 0.5) is 0 Å². The van der Waals surface area contributed by atoms with Gasteiger partial charge in [-0.3, -0.25) is 0 Å². The molecule has 15 heavy (non-hydrogen) atoms. The first kappa shape index (κ1) is 17.6. The van der Waals surface area contributed by atoms with Gasteiger partial charge in [-0.1, -0.05) is 26.7 Å². The molecule has 0 unspecified atom stereocenters. The molecule has 0 fully saturated rings. The Hall–Kier alpha value is 0.167. The standard InChI is InChI=1S/C13H26N.Li/c1-5-8-10-14(11-9-6-2)12-13(4)7-3;/h7H,3,5-6,8-12H2,1-2,4H3;/q-1;+1/b13-7+;. The molecule has 0 saturated heterocycles. The maximum Gasteiger partial charge on any atom is 1.00 e. The van der Waals surface area contributed by atoms with Crippen molar-refractivity contribution in [3.8, 4) is 0 Å². The largest absolute Gasteiger partial charge is 1.00 e. The average Bonchev–Trinajstić information content (AvgIpc) is 2.21. The van der Waals surface area contributed by atoms with Gasteiger partial charge in [0.1, 0.15) is 0 Å². The summed E-state index contributed by atoms with van der Waals surface area (Å²) in [7, 11) is 0. The maximum atomic E-state index is 3.81. The van der Waals surface area contributed by atoms with Crippen LogP contribution < -0.4 is 18.9 Å². The minimum Gasteiger partial charge on any atom is -0.316 e. The van der Waals surface area contributed by atoms with Gasteiger partial charge in [-0.2, -0.15) is 0 Å². The predicted molar refractivity (Wildman–Crippen MR) is 65.4 cm³/mol. The molecule has 0 aliphatic rings. The Bertz CT molecular complexity index is 147. The number of allylic oxidation sites excluding steroid dienone is 1. The van der Waals surface area contributed by atoms with Crippen LogP contribution in [0, 0.1) is 6.92 Å². The molecule has 2 heteroatoms. The Morgan fingerprint density at radius 1 is 1.13 bits per heavy atom. The zero-order valence-corrected chi connectivity index (χ0v) is 11.2. The zero-order valence-electron chi connectivity index (χ0n) is 11.2. The van der Waals surface area contributed by atoms with E-state index in [0.717, 1.165) is 6.54 Å². The smallest absolute Gasteiger partial charge is 0.316 e. The van der Waals surface area contributed by atoms with Crippen LogP contribution in [0.15, 0.2) is 11.6 Å². The van der Waals surface area contributed by atoms with E-state index in [2.05, 4.69) is 32.6 Å². The monoisotopic (exact) mass is 203 g/mol. The molecule has 0 radical (unpaired) electrons. The summed E-state index contributed by atoms with van der Waals surface area (Å²) < 4.78 is 0. The van der Waals surface area contributed by atoms with Crippen LogP contribution in [-0.2, 0) is 0 Å². The van der Waals surface area contributed by atoms with E-state index in [0.29, 0.717) is 0 Å². The molecule has 0 saturated carbocycles. The van der Waals surface area contributed by atoms with Crippen molar-refractivity contribution in [2.75, 3.05) is 19.6 Å². The van der Waals surface area contributed by atoms with Crippen molar-refractivity contribution < 1.29 is 18.9 Å². The van der Waals surface area contributed by atoms with Gasteiger partial charge < -0.3 is 4.90 Å². The third kappa shape index (κ3) is 10.4. The molecule has 0 spiro atoms. The third-order valence-corrected chi connectivity index (χ3v) is 2.48. The van der Waals surface area contributed by atoms with E-state index in [-0.39, 0.29) is 18.9 Å². The van der Waals surface area contributed by atoms with Crippen molar-refractivity contribution in [1.82, 2.24) is 4.90 Å². The molecule has 0 aliphatic heterocycles. The number of unbranched alkanes of at least 4 members (excludes halogenated alkanes) is 2. The fourth-order valence-electron chi connectivity index (χ4n) is 1.45. The molecule has 0 N–H and O–H groups in total. The Labute approximate surface area is 108 Å². The maximum absolute atomic E-state index is 3.81. The molecule has 84 valence electrons. The normalized spacial score (nSPS) is 11.6. The van der Waals surface area contributed by atoms with Gasteiger partial charge in [0, 0.05) is 0 Å². The molecule has 0 aromatic carbocycles. The molecule has 1 nitrogen and oxygen atoms in total. The molecular formula is C13H26LiN. The Balaban J connectivity index is 0. The van der Waals surface area contributed by atoms with Gasteiger partial charge in [0.2, 0.25) is 0 Å². The SMILES string of the molecule is [CH2-]/C=C(\C)CN(CCCC)CCCC.[Li+]. The van der Waals surface area contributed by atoms with Crippen LogP contribution in [0.25, 0.3) is 0 Å². The molecule has 0 amide bonds.